The first-order chi connectivity index (χ1) is 9.85. The summed E-state index contributed by atoms with van der Waals surface area (Å²) in [6.07, 6.45) is 0. The molecule has 1 aromatic carbocycles. The van der Waals surface area contributed by atoms with Crippen molar-refractivity contribution in [3.05, 3.63) is 29.3 Å². The van der Waals surface area contributed by atoms with Gasteiger partial charge in [-0.2, -0.15) is 0 Å². The lowest BCUT2D eigenvalue weighted by atomic mass is 10.1. The Kier molecular flexibility index (Phi) is 6.37. The number of hydrogen-bond donors (Lipinski definition) is 3. The summed E-state index contributed by atoms with van der Waals surface area (Å²) >= 11 is 0. The van der Waals surface area contributed by atoms with Crippen molar-refractivity contribution in [2.24, 2.45) is 5.92 Å². The van der Waals surface area contributed by atoms with E-state index in [9.17, 15) is 9.59 Å². The Balaban J connectivity index is 2.79. The molecule has 5 heteroatoms. The minimum absolute atomic E-state index is 0.0353. The molecule has 3 N–H and O–H groups in total. The molecule has 0 saturated heterocycles. The molecule has 0 bridgehead atoms. The molecule has 0 heterocycles. The molecule has 0 saturated carbocycles. The molecule has 1 atom stereocenters. The van der Waals surface area contributed by atoms with E-state index in [4.69, 9.17) is 0 Å². The van der Waals surface area contributed by atoms with Crippen molar-refractivity contribution >= 4 is 17.5 Å². The van der Waals surface area contributed by atoms with Gasteiger partial charge in [0.1, 0.15) is 0 Å². The number of nitrogens with one attached hydrogen (secondary N) is 3. The highest BCUT2D eigenvalue weighted by atomic mass is 16.2. The van der Waals surface area contributed by atoms with Crippen molar-refractivity contribution in [3.8, 4) is 0 Å². The van der Waals surface area contributed by atoms with Gasteiger partial charge in [0.15, 0.2) is 0 Å². The van der Waals surface area contributed by atoms with Crippen LogP contribution in [-0.2, 0) is 4.79 Å². The van der Waals surface area contributed by atoms with Crippen molar-refractivity contribution in [2.75, 3.05) is 18.9 Å². The minimum Gasteiger partial charge on any atom is -0.350 e. The van der Waals surface area contributed by atoms with E-state index in [0.717, 1.165) is 11.3 Å². The third kappa shape index (κ3) is 5.19. The van der Waals surface area contributed by atoms with Gasteiger partial charge >= 0.3 is 0 Å². The average Bonchev–Trinajstić information content (AvgIpc) is 2.40. The predicted molar refractivity (Wildman–Crippen MR) is 85.5 cm³/mol. The second-order valence-corrected chi connectivity index (χ2v) is 5.61. The molecule has 0 aliphatic carbocycles. The molecular formula is C16H25N3O2. The van der Waals surface area contributed by atoms with Crippen LogP contribution in [0.1, 0.15) is 36.7 Å². The SMILES string of the molecule is CNCC(C)C(=O)Nc1ccc(C(=O)NC(C)C)cc1C. The molecule has 2 amide bonds. The van der Waals surface area contributed by atoms with E-state index < -0.39 is 0 Å². The number of carbonyl (C=O) groups is 2. The fourth-order valence-electron chi connectivity index (χ4n) is 1.95. The zero-order valence-electron chi connectivity index (χ0n) is 13.4. The van der Waals surface area contributed by atoms with Gasteiger partial charge in [0, 0.05) is 29.8 Å². The van der Waals surface area contributed by atoms with Gasteiger partial charge in [-0.3, -0.25) is 9.59 Å². The molecule has 0 aliphatic heterocycles. The first-order valence-corrected chi connectivity index (χ1v) is 7.22. The molecular weight excluding hydrogens is 266 g/mol. The quantitative estimate of drug-likeness (QED) is 0.750. The molecule has 0 fully saturated rings. The maximum atomic E-state index is 12.0. The first kappa shape index (κ1) is 17.2. The van der Waals surface area contributed by atoms with E-state index in [1.165, 1.54) is 0 Å². The maximum Gasteiger partial charge on any atom is 0.251 e. The molecule has 116 valence electrons. The van der Waals surface area contributed by atoms with Crippen LogP contribution in [-0.4, -0.2) is 31.4 Å². The Morgan fingerprint density at radius 3 is 2.38 bits per heavy atom. The Labute approximate surface area is 126 Å². The predicted octanol–water partition coefficient (Wildman–Crippen LogP) is 1.93. The molecule has 1 rings (SSSR count). The molecule has 1 unspecified atom stereocenters. The van der Waals surface area contributed by atoms with E-state index in [0.29, 0.717) is 12.1 Å². The van der Waals surface area contributed by atoms with Crippen molar-refractivity contribution in [2.45, 2.75) is 33.7 Å². The van der Waals surface area contributed by atoms with Crippen molar-refractivity contribution in [1.29, 1.82) is 0 Å². The van der Waals surface area contributed by atoms with E-state index in [1.54, 1.807) is 18.2 Å². The second kappa shape index (κ2) is 7.78. The lowest BCUT2D eigenvalue weighted by Crippen LogP contribution is -2.30. The largest absolute Gasteiger partial charge is 0.350 e. The van der Waals surface area contributed by atoms with E-state index in [2.05, 4.69) is 16.0 Å². The van der Waals surface area contributed by atoms with Gasteiger partial charge in [-0.15, -0.1) is 0 Å². The van der Waals surface area contributed by atoms with Crippen molar-refractivity contribution in [1.82, 2.24) is 10.6 Å². The summed E-state index contributed by atoms with van der Waals surface area (Å²) < 4.78 is 0. The van der Waals surface area contributed by atoms with Crippen molar-refractivity contribution < 1.29 is 9.59 Å². The molecule has 5 nitrogen and oxygen atoms in total. The molecule has 1 aromatic rings. The number of aryl methyl sites for hydroxylation is 1. The van der Waals surface area contributed by atoms with Crippen LogP contribution in [0.15, 0.2) is 18.2 Å². The van der Waals surface area contributed by atoms with Gasteiger partial charge in [-0.05, 0) is 51.6 Å². The third-order valence-corrected chi connectivity index (χ3v) is 3.12. The van der Waals surface area contributed by atoms with Gasteiger partial charge in [0.25, 0.3) is 5.91 Å². The number of benzene rings is 1. The van der Waals surface area contributed by atoms with E-state index in [-0.39, 0.29) is 23.8 Å². The molecule has 21 heavy (non-hydrogen) atoms. The van der Waals surface area contributed by atoms with Crippen LogP contribution in [0, 0.1) is 12.8 Å². The monoisotopic (exact) mass is 291 g/mol. The smallest absolute Gasteiger partial charge is 0.251 e. The minimum atomic E-state index is -0.113. The lowest BCUT2D eigenvalue weighted by Gasteiger charge is -2.14. The van der Waals surface area contributed by atoms with E-state index >= 15 is 0 Å². The third-order valence-electron chi connectivity index (χ3n) is 3.12. The highest BCUT2D eigenvalue weighted by Crippen LogP contribution is 2.17. The number of hydrogen-bond acceptors (Lipinski definition) is 3. The highest BCUT2D eigenvalue weighted by Gasteiger charge is 2.14. The summed E-state index contributed by atoms with van der Waals surface area (Å²) in [4.78, 5) is 23.9. The van der Waals surface area contributed by atoms with Crippen LogP contribution >= 0.6 is 0 Å². The highest BCUT2D eigenvalue weighted by molar-refractivity contribution is 5.97. The lowest BCUT2D eigenvalue weighted by molar-refractivity contribution is -0.119. The van der Waals surface area contributed by atoms with Gasteiger partial charge in [0.05, 0.1) is 0 Å². The number of carbonyl (C=O) groups excluding carboxylic acids is 2. The van der Waals surface area contributed by atoms with Gasteiger partial charge in [0.2, 0.25) is 5.91 Å². The molecule has 0 spiro atoms. The van der Waals surface area contributed by atoms with Gasteiger partial charge in [-0.1, -0.05) is 6.92 Å². The first-order valence-electron chi connectivity index (χ1n) is 7.22. The maximum absolute atomic E-state index is 12.0. The number of rotatable bonds is 6. The van der Waals surface area contributed by atoms with Crippen molar-refractivity contribution in [3.63, 3.8) is 0 Å². The summed E-state index contributed by atoms with van der Waals surface area (Å²) in [5.41, 5.74) is 2.21. The van der Waals surface area contributed by atoms with Gasteiger partial charge < -0.3 is 16.0 Å². The average molecular weight is 291 g/mol. The summed E-state index contributed by atoms with van der Waals surface area (Å²) in [7, 11) is 1.82. The van der Waals surface area contributed by atoms with Crippen LogP contribution in [0.5, 0.6) is 0 Å². The number of anilines is 1. The Hall–Kier alpha value is -1.88. The van der Waals surface area contributed by atoms with Crippen LogP contribution < -0.4 is 16.0 Å². The van der Waals surface area contributed by atoms with Crippen LogP contribution in [0.2, 0.25) is 0 Å². The fraction of sp³-hybridized carbons (Fsp3) is 0.500. The summed E-state index contributed by atoms with van der Waals surface area (Å²) in [6.45, 7) is 8.21. The number of amides is 2. The Morgan fingerprint density at radius 2 is 1.86 bits per heavy atom. The molecule has 0 radical (unpaired) electrons. The molecule has 0 aromatic heterocycles. The van der Waals surface area contributed by atoms with E-state index in [1.807, 2.05) is 34.7 Å². The van der Waals surface area contributed by atoms with Crippen LogP contribution in [0.25, 0.3) is 0 Å². The zero-order valence-corrected chi connectivity index (χ0v) is 13.4. The second-order valence-electron chi connectivity index (χ2n) is 5.61. The molecule has 0 aliphatic rings. The Morgan fingerprint density at radius 1 is 1.19 bits per heavy atom. The standard InChI is InChI=1S/C16H25N3O2/c1-10(2)18-16(21)13-6-7-14(11(3)8-13)19-15(20)12(4)9-17-5/h6-8,10,12,17H,9H2,1-5H3,(H,18,21)(H,19,20). The fourth-order valence-corrected chi connectivity index (χ4v) is 1.95. The normalized spacial score (nSPS) is 12.1. The van der Waals surface area contributed by atoms with Crippen LogP contribution in [0.3, 0.4) is 0 Å². The topological polar surface area (TPSA) is 70.2 Å². The zero-order chi connectivity index (χ0) is 16.0. The van der Waals surface area contributed by atoms with Crippen LogP contribution in [0.4, 0.5) is 5.69 Å². The summed E-state index contributed by atoms with van der Waals surface area (Å²) in [6, 6.07) is 5.38. The summed E-state index contributed by atoms with van der Waals surface area (Å²) in [5, 5.41) is 8.72. The van der Waals surface area contributed by atoms with Gasteiger partial charge in [-0.25, -0.2) is 0 Å². The summed E-state index contributed by atoms with van der Waals surface area (Å²) in [5.74, 6) is -0.250. The Bertz CT molecular complexity index is 512.